The van der Waals surface area contributed by atoms with Crippen LogP contribution in [0.2, 0.25) is 0 Å². The van der Waals surface area contributed by atoms with Crippen molar-refractivity contribution in [3.05, 3.63) is 16.6 Å². The Labute approximate surface area is 96.7 Å². The van der Waals surface area contributed by atoms with Gasteiger partial charge in [-0.15, -0.1) is 11.3 Å². The first-order chi connectivity index (χ1) is 7.63. The van der Waals surface area contributed by atoms with Crippen LogP contribution < -0.4 is 10.6 Å². The Morgan fingerprint density at radius 3 is 2.88 bits per heavy atom. The Balaban J connectivity index is 2.33. The molecule has 0 aliphatic carbocycles. The highest BCUT2D eigenvalue weighted by atomic mass is 32.1. The van der Waals surface area contributed by atoms with E-state index in [0.29, 0.717) is 13.0 Å². The maximum Gasteiger partial charge on any atom is 0.326 e. The lowest BCUT2D eigenvalue weighted by Gasteiger charge is -2.12. The van der Waals surface area contributed by atoms with Gasteiger partial charge in [0.25, 0.3) is 0 Å². The third-order valence-corrected chi connectivity index (χ3v) is 2.67. The second-order valence-electron chi connectivity index (χ2n) is 3.05. The van der Waals surface area contributed by atoms with Crippen LogP contribution in [0.4, 0.5) is 4.79 Å². The second kappa shape index (κ2) is 6.06. The number of nitrogens with one attached hydrogen (secondary N) is 2. The summed E-state index contributed by atoms with van der Waals surface area (Å²) >= 11 is 1.43. The van der Waals surface area contributed by atoms with Crippen molar-refractivity contribution >= 4 is 23.3 Å². The first kappa shape index (κ1) is 12.4. The Morgan fingerprint density at radius 1 is 1.62 bits per heavy atom. The molecule has 0 saturated carbocycles. The quantitative estimate of drug-likeness (QED) is 0.713. The summed E-state index contributed by atoms with van der Waals surface area (Å²) in [5.41, 5.74) is 0. The molecule has 2 amide bonds. The molecule has 0 radical (unpaired) electrons. The van der Waals surface area contributed by atoms with Crippen molar-refractivity contribution in [2.24, 2.45) is 0 Å². The van der Waals surface area contributed by atoms with Crippen LogP contribution in [-0.2, 0) is 11.3 Å². The van der Waals surface area contributed by atoms with Gasteiger partial charge in [0.1, 0.15) is 11.0 Å². The number of aliphatic carboxylic acids is 1. The molecule has 16 heavy (non-hydrogen) atoms. The predicted octanol–water partition coefficient (Wildman–Crippen LogP) is 0.805. The smallest absolute Gasteiger partial charge is 0.326 e. The molecular formula is C9H13N3O3S. The molecule has 1 atom stereocenters. The third-order valence-electron chi connectivity index (χ3n) is 1.90. The summed E-state index contributed by atoms with van der Waals surface area (Å²) in [6, 6.07) is -1.35. The number of carbonyl (C=O) groups excluding carboxylic acids is 1. The van der Waals surface area contributed by atoms with E-state index in [1.807, 2.05) is 0 Å². The minimum absolute atomic E-state index is 0.305. The zero-order valence-corrected chi connectivity index (χ0v) is 9.58. The average molecular weight is 243 g/mol. The highest BCUT2D eigenvalue weighted by molar-refractivity contribution is 7.09. The van der Waals surface area contributed by atoms with Gasteiger partial charge in [0, 0.05) is 11.6 Å². The van der Waals surface area contributed by atoms with E-state index >= 15 is 0 Å². The van der Waals surface area contributed by atoms with E-state index in [-0.39, 0.29) is 0 Å². The number of carboxylic acid groups (broad SMARTS) is 1. The Hall–Kier alpha value is -1.63. The van der Waals surface area contributed by atoms with Gasteiger partial charge in [-0.2, -0.15) is 0 Å². The van der Waals surface area contributed by atoms with Crippen LogP contribution in [0.15, 0.2) is 11.6 Å². The van der Waals surface area contributed by atoms with Crippen molar-refractivity contribution in [2.45, 2.75) is 25.9 Å². The maximum absolute atomic E-state index is 11.3. The van der Waals surface area contributed by atoms with Gasteiger partial charge in [-0.1, -0.05) is 6.92 Å². The molecule has 3 N–H and O–H groups in total. The second-order valence-corrected chi connectivity index (χ2v) is 4.03. The molecule has 0 aliphatic heterocycles. The SMILES string of the molecule is CC[C@H](NC(=O)NCc1nccs1)C(=O)O. The van der Waals surface area contributed by atoms with Gasteiger partial charge in [0.2, 0.25) is 0 Å². The van der Waals surface area contributed by atoms with Crippen LogP contribution >= 0.6 is 11.3 Å². The van der Waals surface area contributed by atoms with E-state index in [4.69, 9.17) is 5.11 Å². The summed E-state index contributed by atoms with van der Waals surface area (Å²) in [5, 5.41) is 16.2. The van der Waals surface area contributed by atoms with Gasteiger partial charge in [-0.3, -0.25) is 0 Å². The Morgan fingerprint density at radius 2 is 2.38 bits per heavy atom. The van der Waals surface area contributed by atoms with Gasteiger partial charge < -0.3 is 15.7 Å². The average Bonchev–Trinajstić information content (AvgIpc) is 2.75. The summed E-state index contributed by atoms with van der Waals surface area (Å²) in [7, 11) is 0. The van der Waals surface area contributed by atoms with Crippen LogP contribution in [0.1, 0.15) is 18.4 Å². The van der Waals surface area contributed by atoms with Crippen molar-refractivity contribution in [2.75, 3.05) is 0 Å². The molecule has 1 aromatic rings. The topological polar surface area (TPSA) is 91.3 Å². The lowest BCUT2D eigenvalue weighted by atomic mass is 10.2. The fraction of sp³-hybridized carbons (Fsp3) is 0.444. The predicted molar refractivity (Wildman–Crippen MR) is 59.2 cm³/mol. The molecule has 1 heterocycles. The van der Waals surface area contributed by atoms with E-state index in [2.05, 4.69) is 15.6 Å². The van der Waals surface area contributed by atoms with E-state index in [1.165, 1.54) is 11.3 Å². The summed E-state index contributed by atoms with van der Waals surface area (Å²) < 4.78 is 0. The van der Waals surface area contributed by atoms with Gasteiger partial charge >= 0.3 is 12.0 Å². The summed E-state index contributed by atoms with van der Waals surface area (Å²) in [4.78, 5) is 25.9. The number of thiazole rings is 1. The third kappa shape index (κ3) is 3.85. The highest BCUT2D eigenvalue weighted by Gasteiger charge is 2.16. The molecule has 0 fully saturated rings. The molecule has 0 bridgehead atoms. The fourth-order valence-corrected chi connectivity index (χ4v) is 1.60. The van der Waals surface area contributed by atoms with Crippen LogP contribution in [0.3, 0.4) is 0 Å². The summed E-state index contributed by atoms with van der Waals surface area (Å²) in [5.74, 6) is -1.04. The number of nitrogens with zero attached hydrogens (tertiary/aromatic N) is 1. The molecule has 7 heteroatoms. The monoisotopic (exact) mass is 243 g/mol. The minimum Gasteiger partial charge on any atom is -0.480 e. The first-order valence-corrected chi connectivity index (χ1v) is 5.67. The molecule has 1 aromatic heterocycles. The molecule has 0 spiro atoms. The minimum atomic E-state index is -1.04. The maximum atomic E-state index is 11.3. The van der Waals surface area contributed by atoms with Crippen LogP contribution in [0.5, 0.6) is 0 Å². The molecule has 1 rings (SSSR count). The van der Waals surface area contributed by atoms with Gasteiger partial charge in [-0.25, -0.2) is 14.6 Å². The number of urea groups is 1. The standard InChI is InChI=1S/C9H13N3O3S/c1-2-6(8(13)14)12-9(15)11-5-7-10-3-4-16-7/h3-4,6H,2,5H2,1H3,(H,13,14)(H2,11,12,15)/t6-/m0/s1. The number of aromatic nitrogens is 1. The van der Waals surface area contributed by atoms with E-state index < -0.39 is 18.0 Å². The van der Waals surface area contributed by atoms with Crippen LogP contribution in [-0.4, -0.2) is 28.1 Å². The first-order valence-electron chi connectivity index (χ1n) is 4.79. The highest BCUT2D eigenvalue weighted by Crippen LogP contribution is 2.02. The van der Waals surface area contributed by atoms with Crippen molar-refractivity contribution in [3.8, 4) is 0 Å². The molecule has 0 aromatic carbocycles. The zero-order valence-electron chi connectivity index (χ0n) is 8.77. The number of carboxylic acids is 1. The molecule has 6 nitrogen and oxygen atoms in total. The molecule has 0 unspecified atom stereocenters. The number of amides is 2. The van der Waals surface area contributed by atoms with Crippen molar-refractivity contribution < 1.29 is 14.7 Å². The Bertz CT molecular complexity index is 353. The van der Waals surface area contributed by atoms with E-state index in [1.54, 1.807) is 18.5 Å². The van der Waals surface area contributed by atoms with E-state index in [0.717, 1.165) is 5.01 Å². The number of carbonyl (C=O) groups is 2. The van der Waals surface area contributed by atoms with Crippen molar-refractivity contribution in [1.82, 2.24) is 15.6 Å². The lowest BCUT2D eigenvalue weighted by Crippen LogP contribution is -2.45. The number of rotatable bonds is 5. The van der Waals surface area contributed by atoms with E-state index in [9.17, 15) is 9.59 Å². The molecule has 0 aliphatic rings. The van der Waals surface area contributed by atoms with Gasteiger partial charge in [0.15, 0.2) is 0 Å². The molecular weight excluding hydrogens is 230 g/mol. The zero-order chi connectivity index (χ0) is 12.0. The lowest BCUT2D eigenvalue weighted by molar-refractivity contribution is -0.139. The number of hydrogen-bond donors (Lipinski definition) is 3. The molecule has 88 valence electrons. The van der Waals surface area contributed by atoms with Crippen LogP contribution in [0.25, 0.3) is 0 Å². The normalized spacial score (nSPS) is 11.8. The molecule has 0 saturated heterocycles. The van der Waals surface area contributed by atoms with Crippen molar-refractivity contribution in [1.29, 1.82) is 0 Å². The van der Waals surface area contributed by atoms with Gasteiger partial charge in [0.05, 0.1) is 6.54 Å². The summed E-state index contributed by atoms with van der Waals surface area (Å²) in [6.07, 6.45) is 1.99. The van der Waals surface area contributed by atoms with Crippen LogP contribution in [0, 0.1) is 0 Å². The largest absolute Gasteiger partial charge is 0.480 e. The Kier molecular flexibility index (Phi) is 4.71. The van der Waals surface area contributed by atoms with Gasteiger partial charge in [-0.05, 0) is 6.42 Å². The van der Waals surface area contributed by atoms with Crippen molar-refractivity contribution in [3.63, 3.8) is 0 Å². The summed E-state index contributed by atoms with van der Waals surface area (Å²) in [6.45, 7) is 2.00. The fourth-order valence-electron chi connectivity index (χ4n) is 1.04. The number of hydrogen-bond acceptors (Lipinski definition) is 4.